The summed E-state index contributed by atoms with van der Waals surface area (Å²) in [6.45, 7) is 0. The maximum atomic E-state index is 13.3. The molecular formula is C23H18N4O3. The van der Waals surface area contributed by atoms with E-state index in [9.17, 15) is 4.79 Å². The fraction of sp³-hybridized carbons (Fsp3) is 0.0870. The van der Waals surface area contributed by atoms with E-state index in [0.717, 1.165) is 16.8 Å². The molecule has 3 aromatic carbocycles. The van der Waals surface area contributed by atoms with Crippen LogP contribution in [-0.2, 0) is 0 Å². The van der Waals surface area contributed by atoms with Crippen molar-refractivity contribution in [3.8, 4) is 28.6 Å². The first-order valence-electron chi connectivity index (χ1n) is 9.39. The Balaban J connectivity index is 1.89. The summed E-state index contributed by atoms with van der Waals surface area (Å²) in [4.78, 5) is 13.3. The smallest absolute Gasteiger partial charge is 0.267 e. The van der Waals surface area contributed by atoms with Crippen LogP contribution in [0.4, 0.5) is 0 Å². The van der Waals surface area contributed by atoms with E-state index in [1.807, 2.05) is 77.2 Å². The molecule has 5 aromatic rings. The monoisotopic (exact) mass is 398 g/mol. The maximum absolute atomic E-state index is 13.3. The highest BCUT2D eigenvalue weighted by Gasteiger charge is 2.19. The molecule has 2 aromatic heterocycles. The minimum atomic E-state index is -0.143. The number of aromatic nitrogens is 4. The number of benzene rings is 3. The summed E-state index contributed by atoms with van der Waals surface area (Å²) >= 11 is 0. The van der Waals surface area contributed by atoms with Crippen LogP contribution in [0.2, 0.25) is 0 Å². The van der Waals surface area contributed by atoms with Gasteiger partial charge in [0.25, 0.3) is 5.56 Å². The van der Waals surface area contributed by atoms with E-state index in [0.29, 0.717) is 28.5 Å². The second-order valence-corrected chi connectivity index (χ2v) is 6.72. The average molecular weight is 398 g/mol. The van der Waals surface area contributed by atoms with Gasteiger partial charge in [-0.1, -0.05) is 30.3 Å². The Hall–Kier alpha value is -4.13. The fourth-order valence-corrected chi connectivity index (χ4v) is 3.68. The standard InChI is InChI=1S/C23H18N4O3/c1-29-19-13-12-15(14-20(19)30-2)21-24-25-23-26(16-8-4-3-5-9-16)22(28)17-10-6-7-11-18(17)27(21)23/h3-14H,1-2H3. The number of fused-ring (bicyclic) bond motifs is 3. The van der Waals surface area contributed by atoms with Gasteiger partial charge in [-0.2, -0.15) is 0 Å². The summed E-state index contributed by atoms with van der Waals surface area (Å²) in [6, 6.07) is 22.5. The molecule has 0 bridgehead atoms. The molecule has 7 heteroatoms. The van der Waals surface area contributed by atoms with Crippen molar-refractivity contribution in [2.75, 3.05) is 14.2 Å². The molecule has 5 rings (SSSR count). The van der Waals surface area contributed by atoms with Crippen LogP contribution in [0.25, 0.3) is 33.8 Å². The number of nitrogens with zero attached hydrogens (tertiary/aromatic N) is 4. The van der Waals surface area contributed by atoms with Crippen LogP contribution in [0.3, 0.4) is 0 Å². The van der Waals surface area contributed by atoms with Gasteiger partial charge in [-0.05, 0) is 42.5 Å². The number of para-hydroxylation sites is 2. The quantitative estimate of drug-likeness (QED) is 0.461. The van der Waals surface area contributed by atoms with Crippen LogP contribution in [0.15, 0.2) is 77.6 Å². The Labute approximate surface area is 171 Å². The molecule has 30 heavy (non-hydrogen) atoms. The molecule has 0 spiro atoms. The first-order valence-corrected chi connectivity index (χ1v) is 9.39. The SMILES string of the molecule is COc1ccc(-c2nnc3n(-c4ccccc4)c(=O)c4ccccc4n23)cc1OC. The zero-order chi connectivity index (χ0) is 20.7. The van der Waals surface area contributed by atoms with Gasteiger partial charge in [-0.15, -0.1) is 10.2 Å². The molecule has 0 aliphatic rings. The van der Waals surface area contributed by atoms with Gasteiger partial charge < -0.3 is 9.47 Å². The van der Waals surface area contributed by atoms with Crippen molar-refractivity contribution in [2.24, 2.45) is 0 Å². The van der Waals surface area contributed by atoms with Crippen LogP contribution < -0.4 is 15.0 Å². The van der Waals surface area contributed by atoms with Crippen LogP contribution in [-0.4, -0.2) is 33.4 Å². The topological polar surface area (TPSA) is 70.7 Å². The Kier molecular flexibility index (Phi) is 4.21. The minimum absolute atomic E-state index is 0.143. The average Bonchev–Trinajstić information content (AvgIpc) is 3.24. The second kappa shape index (κ2) is 7.04. The van der Waals surface area contributed by atoms with Crippen molar-refractivity contribution in [3.63, 3.8) is 0 Å². The molecule has 148 valence electrons. The van der Waals surface area contributed by atoms with Gasteiger partial charge in [0, 0.05) is 5.56 Å². The Morgan fingerprint density at radius 1 is 0.800 bits per heavy atom. The molecular weight excluding hydrogens is 380 g/mol. The van der Waals surface area contributed by atoms with Gasteiger partial charge in [0.2, 0.25) is 5.78 Å². The third kappa shape index (κ3) is 2.63. The Morgan fingerprint density at radius 3 is 2.30 bits per heavy atom. The molecule has 0 radical (unpaired) electrons. The highest BCUT2D eigenvalue weighted by molar-refractivity contribution is 5.83. The molecule has 0 N–H and O–H groups in total. The van der Waals surface area contributed by atoms with Gasteiger partial charge in [-0.25, -0.2) is 4.57 Å². The molecule has 0 atom stereocenters. The lowest BCUT2D eigenvalue weighted by Gasteiger charge is -2.12. The van der Waals surface area contributed by atoms with Gasteiger partial charge in [0.15, 0.2) is 17.3 Å². The first kappa shape index (κ1) is 17.9. The number of ether oxygens (including phenoxy) is 2. The maximum Gasteiger partial charge on any atom is 0.267 e. The summed E-state index contributed by atoms with van der Waals surface area (Å²) in [5.41, 5.74) is 2.11. The molecule has 7 nitrogen and oxygen atoms in total. The molecule has 0 unspecified atom stereocenters. The first-order chi connectivity index (χ1) is 14.7. The minimum Gasteiger partial charge on any atom is -0.493 e. The lowest BCUT2D eigenvalue weighted by molar-refractivity contribution is 0.355. The highest BCUT2D eigenvalue weighted by Crippen LogP contribution is 2.32. The van der Waals surface area contributed by atoms with E-state index in [4.69, 9.17) is 9.47 Å². The van der Waals surface area contributed by atoms with Crippen LogP contribution in [0.5, 0.6) is 11.5 Å². The zero-order valence-corrected chi connectivity index (χ0v) is 16.4. The predicted octanol–water partition coefficient (Wildman–Crippen LogP) is 3.72. The Morgan fingerprint density at radius 2 is 1.53 bits per heavy atom. The summed E-state index contributed by atoms with van der Waals surface area (Å²) in [5, 5.41) is 9.39. The van der Waals surface area contributed by atoms with Crippen molar-refractivity contribution in [3.05, 3.63) is 83.2 Å². The Bertz CT molecular complexity index is 1440. The highest BCUT2D eigenvalue weighted by atomic mass is 16.5. The van der Waals surface area contributed by atoms with E-state index < -0.39 is 0 Å². The van der Waals surface area contributed by atoms with E-state index >= 15 is 0 Å². The summed E-state index contributed by atoms with van der Waals surface area (Å²) < 4.78 is 14.3. The van der Waals surface area contributed by atoms with Crippen molar-refractivity contribution >= 4 is 16.7 Å². The largest absolute Gasteiger partial charge is 0.493 e. The summed E-state index contributed by atoms with van der Waals surface area (Å²) in [5.74, 6) is 2.26. The molecule has 0 saturated carbocycles. The van der Waals surface area contributed by atoms with Crippen molar-refractivity contribution < 1.29 is 9.47 Å². The van der Waals surface area contributed by atoms with Crippen molar-refractivity contribution in [1.82, 2.24) is 19.2 Å². The van der Waals surface area contributed by atoms with Gasteiger partial charge in [0.1, 0.15) is 0 Å². The van der Waals surface area contributed by atoms with Gasteiger partial charge in [-0.3, -0.25) is 9.20 Å². The lowest BCUT2D eigenvalue weighted by atomic mass is 10.1. The van der Waals surface area contributed by atoms with Gasteiger partial charge >= 0.3 is 0 Å². The van der Waals surface area contributed by atoms with E-state index in [2.05, 4.69) is 10.2 Å². The van der Waals surface area contributed by atoms with Crippen molar-refractivity contribution in [2.45, 2.75) is 0 Å². The molecule has 0 fully saturated rings. The summed E-state index contributed by atoms with van der Waals surface area (Å²) in [7, 11) is 3.18. The fourth-order valence-electron chi connectivity index (χ4n) is 3.68. The van der Waals surface area contributed by atoms with Crippen LogP contribution in [0, 0.1) is 0 Å². The molecule has 0 amide bonds. The number of rotatable bonds is 4. The van der Waals surface area contributed by atoms with Crippen molar-refractivity contribution in [1.29, 1.82) is 0 Å². The second-order valence-electron chi connectivity index (χ2n) is 6.72. The van der Waals surface area contributed by atoms with Crippen LogP contribution >= 0.6 is 0 Å². The number of methoxy groups -OCH3 is 2. The summed E-state index contributed by atoms with van der Waals surface area (Å²) in [6.07, 6.45) is 0. The van der Waals surface area contributed by atoms with E-state index in [1.54, 1.807) is 18.8 Å². The molecule has 0 aliphatic heterocycles. The third-order valence-electron chi connectivity index (χ3n) is 5.08. The molecule has 0 aliphatic carbocycles. The number of hydrogen-bond donors (Lipinski definition) is 0. The van der Waals surface area contributed by atoms with E-state index in [1.165, 1.54) is 0 Å². The third-order valence-corrected chi connectivity index (χ3v) is 5.08. The number of hydrogen-bond acceptors (Lipinski definition) is 5. The zero-order valence-electron chi connectivity index (χ0n) is 16.4. The predicted molar refractivity (Wildman–Crippen MR) is 115 cm³/mol. The molecule has 0 saturated heterocycles. The normalized spacial score (nSPS) is 11.1. The van der Waals surface area contributed by atoms with Gasteiger partial charge in [0.05, 0.1) is 30.8 Å². The molecule has 2 heterocycles. The lowest BCUT2D eigenvalue weighted by Crippen LogP contribution is -2.21. The van der Waals surface area contributed by atoms with E-state index in [-0.39, 0.29) is 5.56 Å². The van der Waals surface area contributed by atoms with Crippen LogP contribution in [0.1, 0.15) is 0 Å².